The molecule has 1 aliphatic carbocycles. The van der Waals surface area contributed by atoms with Crippen molar-refractivity contribution in [2.24, 2.45) is 11.8 Å². The molecule has 0 saturated heterocycles. The molecule has 0 bridgehead atoms. The summed E-state index contributed by atoms with van der Waals surface area (Å²) in [5.74, 6) is -2.23. The minimum absolute atomic E-state index is 0.0928. The average Bonchev–Trinajstić information content (AvgIpc) is 2.94. The van der Waals surface area contributed by atoms with Gasteiger partial charge >= 0.3 is 5.97 Å². The number of carbonyl (C=O) groups is 2. The maximum atomic E-state index is 11.3. The zero-order valence-electron chi connectivity index (χ0n) is 8.47. The quantitative estimate of drug-likeness (QED) is 0.521. The molecule has 0 aromatic heterocycles. The van der Waals surface area contributed by atoms with Crippen molar-refractivity contribution in [2.75, 3.05) is 20.3 Å². The Morgan fingerprint density at radius 3 is 2.67 bits per heavy atom. The fourth-order valence-corrected chi connectivity index (χ4v) is 1.36. The lowest BCUT2D eigenvalue weighted by atomic mass is 10.3. The van der Waals surface area contributed by atoms with Gasteiger partial charge in [0.1, 0.15) is 0 Å². The summed E-state index contributed by atoms with van der Waals surface area (Å²) in [6.07, 6.45) is -0.359. The minimum atomic E-state index is -0.937. The van der Waals surface area contributed by atoms with E-state index >= 15 is 0 Å². The molecule has 15 heavy (non-hydrogen) atoms. The Morgan fingerprint density at radius 1 is 1.53 bits per heavy atom. The highest BCUT2D eigenvalue weighted by Gasteiger charge is 2.48. The molecule has 3 unspecified atom stereocenters. The summed E-state index contributed by atoms with van der Waals surface area (Å²) in [6, 6.07) is 0. The predicted molar refractivity (Wildman–Crippen MR) is 50.1 cm³/mol. The second-order valence-corrected chi connectivity index (χ2v) is 3.64. The molecule has 1 amide bonds. The van der Waals surface area contributed by atoms with Crippen LogP contribution in [0.5, 0.6) is 0 Å². The van der Waals surface area contributed by atoms with E-state index in [2.05, 4.69) is 10.1 Å². The van der Waals surface area contributed by atoms with Crippen LogP contribution in [0.4, 0.5) is 0 Å². The summed E-state index contributed by atoms with van der Waals surface area (Å²) in [4.78, 5) is 21.8. The third-order valence-electron chi connectivity index (χ3n) is 2.32. The van der Waals surface area contributed by atoms with E-state index in [-0.39, 0.29) is 19.1 Å². The number of carbonyl (C=O) groups excluding carboxylic acids is 1. The number of hydrogen-bond donors (Lipinski definition) is 3. The maximum Gasteiger partial charge on any atom is 0.307 e. The summed E-state index contributed by atoms with van der Waals surface area (Å²) >= 11 is 0. The molecule has 0 aromatic rings. The molecule has 0 aromatic carbocycles. The molecule has 1 aliphatic rings. The molecule has 1 rings (SSSR count). The van der Waals surface area contributed by atoms with Crippen molar-refractivity contribution in [1.82, 2.24) is 5.32 Å². The lowest BCUT2D eigenvalue weighted by Gasteiger charge is -2.10. The van der Waals surface area contributed by atoms with Crippen LogP contribution in [-0.2, 0) is 14.3 Å². The van der Waals surface area contributed by atoms with Crippen LogP contribution in [0.1, 0.15) is 6.42 Å². The van der Waals surface area contributed by atoms with Gasteiger partial charge in [0, 0.05) is 13.7 Å². The van der Waals surface area contributed by atoms with E-state index in [1.807, 2.05) is 0 Å². The molecule has 0 spiro atoms. The van der Waals surface area contributed by atoms with Gasteiger partial charge in [-0.05, 0) is 6.42 Å². The number of aliphatic hydroxyl groups is 1. The highest BCUT2D eigenvalue weighted by molar-refractivity contribution is 5.89. The van der Waals surface area contributed by atoms with Crippen molar-refractivity contribution in [2.45, 2.75) is 12.5 Å². The van der Waals surface area contributed by atoms with Gasteiger partial charge in [-0.2, -0.15) is 0 Å². The van der Waals surface area contributed by atoms with Gasteiger partial charge < -0.3 is 20.3 Å². The molecule has 1 fully saturated rings. The Morgan fingerprint density at radius 2 is 2.20 bits per heavy atom. The summed E-state index contributed by atoms with van der Waals surface area (Å²) in [6.45, 7) is 0.239. The highest BCUT2D eigenvalue weighted by Crippen LogP contribution is 2.38. The number of amides is 1. The molecule has 0 heterocycles. The lowest BCUT2D eigenvalue weighted by Crippen LogP contribution is -2.35. The van der Waals surface area contributed by atoms with E-state index in [9.17, 15) is 14.7 Å². The van der Waals surface area contributed by atoms with Gasteiger partial charge in [-0.3, -0.25) is 9.59 Å². The monoisotopic (exact) mass is 217 g/mol. The first kappa shape index (κ1) is 11.9. The molecule has 3 atom stereocenters. The number of carboxylic acid groups (broad SMARTS) is 1. The van der Waals surface area contributed by atoms with Crippen LogP contribution in [0, 0.1) is 11.8 Å². The number of ether oxygens (including phenoxy) is 1. The molecular formula is C9H15NO5. The number of methoxy groups -OCH3 is 1. The smallest absolute Gasteiger partial charge is 0.307 e. The van der Waals surface area contributed by atoms with Crippen LogP contribution in [0.2, 0.25) is 0 Å². The zero-order valence-corrected chi connectivity index (χ0v) is 8.47. The van der Waals surface area contributed by atoms with Crippen molar-refractivity contribution >= 4 is 11.9 Å². The predicted octanol–water partition coefficient (Wildman–Crippen LogP) is -1.17. The molecule has 1 saturated carbocycles. The van der Waals surface area contributed by atoms with Crippen molar-refractivity contribution < 1.29 is 24.5 Å². The lowest BCUT2D eigenvalue weighted by molar-refractivity contribution is -0.140. The van der Waals surface area contributed by atoms with Gasteiger partial charge in [-0.1, -0.05) is 0 Å². The number of nitrogens with one attached hydrogen (secondary N) is 1. The largest absolute Gasteiger partial charge is 0.481 e. The fraction of sp³-hybridized carbons (Fsp3) is 0.778. The first-order valence-corrected chi connectivity index (χ1v) is 4.73. The van der Waals surface area contributed by atoms with Crippen molar-refractivity contribution in [3.8, 4) is 0 Å². The summed E-state index contributed by atoms with van der Waals surface area (Å²) in [5.41, 5.74) is 0. The van der Waals surface area contributed by atoms with Crippen LogP contribution < -0.4 is 5.32 Å². The van der Waals surface area contributed by atoms with Crippen molar-refractivity contribution in [1.29, 1.82) is 0 Å². The zero-order chi connectivity index (χ0) is 11.4. The maximum absolute atomic E-state index is 11.3. The molecule has 0 radical (unpaired) electrons. The van der Waals surface area contributed by atoms with Gasteiger partial charge in [0.05, 0.1) is 24.5 Å². The normalized spacial score (nSPS) is 25.7. The topological polar surface area (TPSA) is 95.9 Å². The number of hydrogen-bond acceptors (Lipinski definition) is 4. The molecule has 86 valence electrons. The molecule has 0 aliphatic heterocycles. The van der Waals surface area contributed by atoms with Crippen molar-refractivity contribution in [3.63, 3.8) is 0 Å². The number of carboxylic acids is 1. The summed E-state index contributed by atoms with van der Waals surface area (Å²) in [5, 5.41) is 20.3. The standard InChI is InChI=1S/C9H15NO5/c1-15-4-5(11)3-10-8(12)6-2-7(6)9(13)14/h5-7,11H,2-4H2,1H3,(H,10,12)(H,13,14). The Bertz CT molecular complexity index is 255. The first-order valence-electron chi connectivity index (χ1n) is 4.73. The second-order valence-electron chi connectivity index (χ2n) is 3.64. The van der Waals surface area contributed by atoms with Gasteiger partial charge in [0.2, 0.25) is 5.91 Å². The van der Waals surface area contributed by atoms with Gasteiger partial charge in [-0.15, -0.1) is 0 Å². The SMILES string of the molecule is COCC(O)CNC(=O)C1CC1C(=O)O. The van der Waals surface area contributed by atoms with Crippen LogP contribution in [0.15, 0.2) is 0 Å². The Hall–Kier alpha value is -1.14. The van der Waals surface area contributed by atoms with E-state index in [0.717, 1.165) is 0 Å². The molecule has 3 N–H and O–H groups in total. The molecular weight excluding hydrogens is 202 g/mol. The van der Waals surface area contributed by atoms with Crippen LogP contribution in [0.25, 0.3) is 0 Å². The van der Waals surface area contributed by atoms with Gasteiger partial charge in [0.25, 0.3) is 0 Å². The second kappa shape index (κ2) is 5.09. The average molecular weight is 217 g/mol. The van der Waals surface area contributed by atoms with E-state index in [4.69, 9.17) is 5.11 Å². The van der Waals surface area contributed by atoms with Gasteiger partial charge in [0.15, 0.2) is 0 Å². The summed E-state index contributed by atoms with van der Waals surface area (Å²) in [7, 11) is 1.45. The Balaban J connectivity index is 2.18. The van der Waals surface area contributed by atoms with E-state index in [0.29, 0.717) is 6.42 Å². The number of aliphatic carboxylic acids is 1. The van der Waals surface area contributed by atoms with E-state index < -0.39 is 23.9 Å². The van der Waals surface area contributed by atoms with Crippen molar-refractivity contribution in [3.05, 3.63) is 0 Å². The van der Waals surface area contributed by atoms with E-state index in [1.54, 1.807) is 0 Å². The van der Waals surface area contributed by atoms with Crippen LogP contribution in [-0.4, -0.2) is 48.5 Å². The summed E-state index contributed by atoms with van der Waals surface area (Å²) < 4.78 is 4.68. The Labute approximate surface area is 87.2 Å². The van der Waals surface area contributed by atoms with Crippen LogP contribution in [0.3, 0.4) is 0 Å². The Kier molecular flexibility index (Phi) is 4.05. The molecule has 6 heteroatoms. The van der Waals surface area contributed by atoms with E-state index in [1.165, 1.54) is 7.11 Å². The third-order valence-corrected chi connectivity index (χ3v) is 2.32. The van der Waals surface area contributed by atoms with Crippen LogP contribution >= 0.6 is 0 Å². The fourth-order valence-electron chi connectivity index (χ4n) is 1.36. The van der Waals surface area contributed by atoms with Gasteiger partial charge in [-0.25, -0.2) is 0 Å². The highest BCUT2D eigenvalue weighted by atomic mass is 16.5. The molecule has 6 nitrogen and oxygen atoms in total. The third kappa shape index (κ3) is 3.49. The first-order chi connectivity index (χ1) is 7.06. The minimum Gasteiger partial charge on any atom is -0.481 e. The number of rotatable bonds is 6. The number of aliphatic hydroxyl groups excluding tert-OH is 1.